The topological polar surface area (TPSA) is 327 Å². The lowest BCUT2D eigenvalue weighted by Crippen LogP contribution is -2.61. The molecule has 86 heavy (non-hydrogen) atoms. The van der Waals surface area contributed by atoms with E-state index >= 15 is 0 Å². The number of nitrogens with one attached hydrogen (secondary N) is 12. The molecule has 3 rings (SSSR count). The molecule has 13 N–H and O–H groups in total. The summed E-state index contributed by atoms with van der Waals surface area (Å²) >= 11 is 25.4. The van der Waals surface area contributed by atoms with Crippen LogP contribution in [0.1, 0.15) is 99.9 Å². The fourth-order valence-corrected chi connectivity index (χ4v) is 10.9. The van der Waals surface area contributed by atoms with Crippen LogP contribution >= 0.6 is 72.4 Å². The first kappa shape index (κ1) is 74.1. The predicted molar refractivity (Wildman–Crippen MR) is 349 cm³/mol. The molecule has 8 amide bonds. The maximum Gasteiger partial charge on any atom is 0.287 e. The molecule has 1 aliphatic rings. The Balaban J connectivity index is 1.79. The number of aromatic nitrogens is 2. The molecule has 2 unspecified atom stereocenters. The summed E-state index contributed by atoms with van der Waals surface area (Å²) in [4.78, 5) is 123. The van der Waals surface area contributed by atoms with Crippen molar-refractivity contribution in [3.63, 3.8) is 0 Å². The fourth-order valence-electron chi connectivity index (χ4n) is 8.43. The zero-order chi connectivity index (χ0) is 64.9. The molecule has 0 spiro atoms. The average Bonchev–Trinajstić information content (AvgIpc) is 3.37. The van der Waals surface area contributed by atoms with Gasteiger partial charge in [-0.1, -0.05) is 114 Å². The Hall–Kier alpha value is -6.18. The Bertz CT molecular complexity index is 2820. The van der Waals surface area contributed by atoms with Crippen molar-refractivity contribution in [2.75, 3.05) is 12.0 Å². The Kier molecular flexibility index (Phi) is 30.6. The third-order valence-corrected chi connectivity index (χ3v) is 17.0. The van der Waals surface area contributed by atoms with Crippen LogP contribution < -0.4 is 68.4 Å². The first-order valence-corrected chi connectivity index (χ1v) is 31.9. The maximum absolute atomic E-state index is 14.4. The number of Topliss-reactive ketones (excluding diaryl/α,β-unsaturated/α-hetero) is 1. The number of aliphatic hydroxyl groups excluding tert-OH is 1. The quantitative estimate of drug-likeness (QED) is 0.0400. The summed E-state index contributed by atoms with van der Waals surface area (Å²) in [6, 6.07) is -2.30. The number of ketones is 1. The van der Waals surface area contributed by atoms with E-state index in [1.165, 1.54) is 32.4 Å². The van der Waals surface area contributed by atoms with Gasteiger partial charge in [-0.2, -0.15) is 11.8 Å². The second-order valence-electron chi connectivity index (χ2n) is 21.7. The van der Waals surface area contributed by atoms with Gasteiger partial charge in [0.05, 0.1) is 58.2 Å². The standard InChI is InChI=1S/C56H84N14O10S6/c1-27(2)40-51(79)58-29(5)46(74)63-38(24-36-18-16-15-17-19-36)49(77)68-43(44(72)39-25-69(12)26-70(39)13)50(78)57-21-23-86-35(11)42(52(80)65-40)67-47(75)31(7)60-54(82)33(9)62-53(81)32(8)59-45(73)30(6)61-55(83)37(20-22-85-14)64-56(84)41(28(3)4)66-48(76)34(10)71/h15-19,21,23,25-33,35,37-38,40-44,72H,20,22,24H2,1-14H3,(H11-,57,58,59,60,61,62,63,64,65,66,67,68,73,74,75,76,77,78,79,80,81,82,83,84)/p+1/b23-21-/t29-,30-,31-,32-,33-,35?,37-,38-,40-,41-,42+,43-,44?/m0/s1. The van der Waals surface area contributed by atoms with Gasteiger partial charge in [0.1, 0.15) is 54.6 Å². The van der Waals surface area contributed by atoms with Crippen molar-refractivity contribution >= 4 is 145 Å². The van der Waals surface area contributed by atoms with Crippen LogP contribution in [0.3, 0.4) is 0 Å². The number of aryl methyl sites for hydroxylation is 2. The van der Waals surface area contributed by atoms with Crippen LogP contribution in [-0.2, 0) is 63.7 Å². The number of thioether (sulfide) groups is 2. The minimum atomic E-state index is -1.60. The van der Waals surface area contributed by atoms with Gasteiger partial charge in [0, 0.05) is 24.8 Å². The van der Waals surface area contributed by atoms with Crippen molar-refractivity contribution in [1.82, 2.24) is 68.4 Å². The molecule has 0 bridgehead atoms. The van der Waals surface area contributed by atoms with Gasteiger partial charge < -0.3 is 68.9 Å². The van der Waals surface area contributed by atoms with E-state index in [1.54, 1.807) is 119 Å². The Labute approximate surface area is 533 Å². The number of carbonyl (C=O) groups is 9. The molecule has 30 heteroatoms. The van der Waals surface area contributed by atoms with Crippen molar-refractivity contribution in [2.45, 2.75) is 167 Å². The normalized spacial score (nSPS) is 21.8. The molecule has 0 saturated heterocycles. The van der Waals surface area contributed by atoms with Crippen molar-refractivity contribution < 1.29 is 52.8 Å². The van der Waals surface area contributed by atoms with Crippen molar-refractivity contribution in [2.24, 2.45) is 25.9 Å². The van der Waals surface area contributed by atoms with Crippen LogP contribution in [0.5, 0.6) is 0 Å². The van der Waals surface area contributed by atoms with Crippen LogP contribution in [-0.4, -0.2) is 166 Å². The molecule has 0 fully saturated rings. The highest BCUT2D eigenvalue weighted by atomic mass is 32.2. The van der Waals surface area contributed by atoms with Gasteiger partial charge in [-0.25, -0.2) is 9.13 Å². The molecular weight excluding hydrogens is 1220 g/mol. The van der Waals surface area contributed by atoms with Gasteiger partial charge in [0.25, 0.3) is 5.91 Å². The highest BCUT2D eigenvalue weighted by Gasteiger charge is 2.38. The van der Waals surface area contributed by atoms with E-state index < -0.39 is 137 Å². The van der Waals surface area contributed by atoms with Crippen LogP contribution in [0.15, 0.2) is 54.5 Å². The van der Waals surface area contributed by atoms with E-state index in [1.807, 2.05) is 20.1 Å². The van der Waals surface area contributed by atoms with Gasteiger partial charge in [-0.3, -0.25) is 43.2 Å². The van der Waals surface area contributed by atoms with Crippen molar-refractivity contribution in [3.8, 4) is 0 Å². The van der Waals surface area contributed by atoms with E-state index in [2.05, 4.69) is 63.8 Å². The first-order chi connectivity index (χ1) is 40.3. The minimum Gasteiger partial charge on any atom is -0.382 e. The Morgan fingerprint density at radius 2 is 1.29 bits per heavy atom. The molecule has 2 aromatic rings. The molecule has 1 aromatic carbocycles. The van der Waals surface area contributed by atoms with Gasteiger partial charge in [0.2, 0.25) is 53.5 Å². The Morgan fingerprint density at radius 1 is 0.709 bits per heavy atom. The van der Waals surface area contributed by atoms with Gasteiger partial charge in [-0.05, 0) is 75.9 Å². The van der Waals surface area contributed by atoms with E-state index in [9.17, 15) is 48.3 Å². The molecular formula is C56H85N14O10S6+. The second kappa shape index (κ2) is 35.6. The van der Waals surface area contributed by atoms with Crippen LogP contribution in [0, 0.1) is 11.8 Å². The van der Waals surface area contributed by atoms with E-state index in [0.29, 0.717) is 22.7 Å². The summed E-state index contributed by atoms with van der Waals surface area (Å²) < 4.78 is 3.24. The van der Waals surface area contributed by atoms with Crippen molar-refractivity contribution in [3.05, 3.63) is 65.7 Å². The Morgan fingerprint density at radius 3 is 1.86 bits per heavy atom. The number of rotatable bonds is 23. The van der Waals surface area contributed by atoms with Gasteiger partial charge in [-0.15, -0.1) is 11.8 Å². The predicted octanol–water partition coefficient (Wildman–Crippen LogP) is 0.138. The second-order valence-corrected chi connectivity index (χ2v) is 25.8. The third-order valence-electron chi connectivity index (χ3n) is 13.7. The molecule has 13 atom stereocenters. The zero-order valence-corrected chi connectivity index (χ0v) is 55.8. The zero-order valence-electron chi connectivity index (χ0n) is 50.9. The first-order valence-electron chi connectivity index (χ1n) is 28.0. The summed E-state index contributed by atoms with van der Waals surface area (Å²) in [6.45, 7) is 17.8. The molecule has 24 nitrogen and oxygen atoms in total. The van der Waals surface area contributed by atoms with Gasteiger partial charge in [0.15, 0.2) is 5.69 Å². The molecule has 2 heterocycles. The highest BCUT2D eigenvalue weighted by Crippen LogP contribution is 2.20. The number of amides is 8. The fraction of sp³-hybridized carbons (Fsp3) is 0.571. The lowest BCUT2D eigenvalue weighted by molar-refractivity contribution is -0.671. The molecule has 1 aliphatic heterocycles. The lowest BCUT2D eigenvalue weighted by Gasteiger charge is -2.30. The lowest BCUT2D eigenvalue weighted by atomic mass is 10.0. The molecule has 0 aliphatic carbocycles. The number of nitrogens with zero attached hydrogens (tertiary/aromatic N) is 2. The molecule has 474 valence electrons. The van der Waals surface area contributed by atoms with Crippen LogP contribution in [0.25, 0.3) is 0 Å². The molecule has 0 saturated carbocycles. The SMILES string of the molecule is CSCC[C@H](NC(=S)[C@@H](NC(=O)C(C)=O)C(C)C)C(=S)N[C@@H](C)C(=O)N[C@@H](C)C(=S)N[C@@H](C)C(=S)N[C@@H](C)C(=O)N[C@H]1C(=O)N[C@@H](C(C)C)C(=O)N[C@@H](C)C(=O)N[C@@H](Cc2ccccc2)C(=O)N[C@@H](C(O)c2c[n+](C)cn2C)C(=O)N/C=C\SC1C. The number of carbonyl (C=O) groups excluding carboxylic acids is 9. The maximum atomic E-state index is 14.4. The smallest absolute Gasteiger partial charge is 0.287 e. The molecule has 0 radical (unpaired) electrons. The minimum absolute atomic E-state index is 0.0247. The van der Waals surface area contributed by atoms with Crippen LogP contribution in [0.4, 0.5) is 0 Å². The summed E-state index contributed by atoms with van der Waals surface area (Å²) in [5.74, 6) is -6.36. The van der Waals surface area contributed by atoms with Gasteiger partial charge >= 0.3 is 0 Å². The summed E-state index contributed by atoms with van der Waals surface area (Å²) in [5, 5.41) is 46.4. The third kappa shape index (κ3) is 23.2. The number of benzene rings is 1. The number of imidazole rings is 1. The van der Waals surface area contributed by atoms with E-state index in [4.69, 9.17) is 48.9 Å². The highest BCUT2D eigenvalue weighted by molar-refractivity contribution is 8.02. The number of aliphatic hydroxyl groups is 1. The summed E-state index contributed by atoms with van der Waals surface area (Å²) in [6.07, 6.45) is 5.36. The number of hydrogen-bond acceptors (Lipinski definition) is 16. The van der Waals surface area contributed by atoms with E-state index in [0.717, 1.165) is 11.8 Å². The summed E-state index contributed by atoms with van der Waals surface area (Å²) in [7, 11) is 3.38. The van der Waals surface area contributed by atoms with Crippen molar-refractivity contribution in [1.29, 1.82) is 0 Å². The monoisotopic (exact) mass is 1310 g/mol. The van der Waals surface area contributed by atoms with E-state index in [-0.39, 0.29) is 33.0 Å². The molecule has 1 aromatic heterocycles. The number of thiocarbonyl (C=S) groups is 4. The largest absolute Gasteiger partial charge is 0.382 e. The number of hydrogen-bond donors (Lipinski definition) is 13. The van der Waals surface area contributed by atoms with Crippen LogP contribution in [0.2, 0.25) is 0 Å². The summed E-state index contributed by atoms with van der Waals surface area (Å²) in [5.41, 5.74) is 0.944. The average molecular weight is 1310 g/mol.